The van der Waals surface area contributed by atoms with Crippen molar-refractivity contribution in [3.63, 3.8) is 0 Å². The number of rotatable bonds is 3. The summed E-state index contributed by atoms with van der Waals surface area (Å²) in [6.07, 6.45) is 1.50. The second kappa shape index (κ2) is 3.33. The van der Waals surface area contributed by atoms with Crippen LogP contribution in [0.1, 0.15) is 33.6 Å². The van der Waals surface area contributed by atoms with E-state index >= 15 is 0 Å². The Balaban J connectivity index is 2.85. The monoisotopic (exact) mass is 202 g/mol. The quantitative estimate of drug-likeness (QED) is 0.715. The zero-order valence-electron chi connectivity index (χ0n) is 8.22. The highest BCUT2D eigenvalue weighted by atomic mass is 35.5. The molecule has 0 radical (unpaired) electrons. The van der Waals surface area contributed by atoms with E-state index in [-0.39, 0.29) is 11.3 Å². The van der Waals surface area contributed by atoms with Crippen LogP contribution in [0.3, 0.4) is 0 Å². The Labute approximate surface area is 83.6 Å². The highest BCUT2D eigenvalue weighted by Gasteiger charge is 2.48. The number of aliphatic carboxylic acids is 1. The van der Waals surface area contributed by atoms with Gasteiger partial charge in [0.05, 0.1) is 5.57 Å². The summed E-state index contributed by atoms with van der Waals surface area (Å²) in [4.78, 5) is 10.8. The first-order valence-corrected chi connectivity index (χ1v) is 4.89. The van der Waals surface area contributed by atoms with Crippen molar-refractivity contribution in [3.05, 3.63) is 10.6 Å². The Hall–Kier alpha value is -0.500. The molecule has 0 amide bonds. The molecular weight excluding hydrogens is 188 g/mol. The molecule has 1 atom stereocenters. The fourth-order valence-corrected chi connectivity index (χ4v) is 2.12. The highest BCUT2D eigenvalue weighted by molar-refractivity contribution is 6.32. The van der Waals surface area contributed by atoms with Gasteiger partial charge in [-0.05, 0) is 18.3 Å². The van der Waals surface area contributed by atoms with Gasteiger partial charge < -0.3 is 5.11 Å². The molecular formula is C10H15ClO2. The Kier molecular flexibility index (Phi) is 2.71. The van der Waals surface area contributed by atoms with Crippen LogP contribution in [0.2, 0.25) is 0 Å². The predicted octanol–water partition coefficient (Wildman–Crippen LogP) is 3.02. The molecule has 1 aliphatic rings. The lowest BCUT2D eigenvalue weighted by Crippen LogP contribution is -2.04. The average Bonchev–Trinajstić information content (AvgIpc) is 2.60. The van der Waals surface area contributed by atoms with Crippen LogP contribution in [0.4, 0.5) is 0 Å². The molecule has 0 saturated heterocycles. The Morgan fingerprint density at radius 1 is 1.62 bits per heavy atom. The summed E-state index contributed by atoms with van der Waals surface area (Å²) in [6.45, 7) is 6.03. The lowest BCUT2D eigenvalue weighted by atomic mass is 10.1. The van der Waals surface area contributed by atoms with Crippen molar-refractivity contribution < 1.29 is 9.90 Å². The van der Waals surface area contributed by atoms with Gasteiger partial charge in [-0.15, -0.1) is 0 Å². The van der Waals surface area contributed by atoms with E-state index in [0.717, 1.165) is 6.42 Å². The maximum atomic E-state index is 10.8. The molecule has 0 aromatic heterocycles. The second-order valence-electron chi connectivity index (χ2n) is 4.23. The Morgan fingerprint density at radius 2 is 2.08 bits per heavy atom. The van der Waals surface area contributed by atoms with Gasteiger partial charge in [-0.3, -0.25) is 0 Å². The van der Waals surface area contributed by atoms with Crippen LogP contribution in [0.5, 0.6) is 0 Å². The minimum atomic E-state index is -0.879. The van der Waals surface area contributed by atoms with E-state index < -0.39 is 5.97 Å². The van der Waals surface area contributed by atoms with Gasteiger partial charge in [-0.1, -0.05) is 32.4 Å². The van der Waals surface area contributed by atoms with Crippen molar-refractivity contribution in [2.45, 2.75) is 33.6 Å². The first kappa shape index (κ1) is 10.6. The lowest BCUT2D eigenvalue weighted by Gasteiger charge is -2.05. The van der Waals surface area contributed by atoms with Crippen molar-refractivity contribution in [1.82, 2.24) is 0 Å². The fraction of sp³-hybridized carbons (Fsp3) is 0.700. The molecule has 0 aromatic rings. The smallest absolute Gasteiger partial charge is 0.332 e. The minimum absolute atomic E-state index is 0.201. The third-order valence-corrected chi connectivity index (χ3v) is 3.21. The van der Waals surface area contributed by atoms with Crippen LogP contribution >= 0.6 is 11.6 Å². The van der Waals surface area contributed by atoms with Gasteiger partial charge in [0.15, 0.2) is 0 Å². The van der Waals surface area contributed by atoms with Crippen LogP contribution < -0.4 is 0 Å². The number of hydrogen-bond donors (Lipinski definition) is 1. The summed E-state index contributed by atoms with van der Waals surface area (Å²) >= 11 is 6.02. The molecule has 0 bridgehead atoms. The van der Waals surface area contributed by atoms with E-state index in [1.165, 1.54) is 0 Å². The second-order valence-corrected chi connectivity index (χ2v) is 4.64. The summed E-state index contributed by atoms with van der Waals surface area (Å²) in [6, 6.07) is 0. The van der Waals surface area contributed by atoms with Gasteiger partial charge >= 0.3 is 5.97 Å². The zero-order chi connectivity index (χ0) is 10.2. The standard InChI is InChI=1S/C10H15ClO2/c1-4-6(9(12)13)8(11)7-5-10(7,2)3/h7H,4-5H2,1-3H3,(H,12,13)/b8-6+. The van der Waals surface area contributed by atoms with Gasteiger partial charge in [-0.2, -0.15) is 0 Å². The van der Waals surface area contributed by atoms with Gasteiger partial charge in [0.25, 0.3) is 0 Å². The van der Waals surface area contributed by atoms with Crippen LogP contribution in [0.25, 0.3) is 0 Å². The van der Waals surface area contributed by atoms with Crippen LogP contribution in [-0.2, 0) is 4.79 Å². The van der Waals surface area contributed by atoms with Crippen molar-refractivity contribution >= 4 is 17.6 Å². The van der Waals surface area contributed by atoms with Gasteiger partial charge in [0.1, 0.15) is 0 Å². The van der Waals surface area contributed by atoms with Crippen molar-refractivity contribution in [3.8, 4) is 0 Å². The predicted molar refractivity (Wildman–Crippen MR) is 52.7 cm³/mol. The highest BCUT2D eigenvalue weighted by Crippen LogP contribution is 2.57. The molecule has 3 heteroatoms. The fourth-order valence-electron chi connectivity index (χ4n) is 1.53. The number of hydrogen-bond acceptors (Lipinski definition) is 1. The molecule has 0 spiro atoms. The molecule has 1 N–H and O–H groups in total. The van der Waals surface area contributed by atoms with Gasteiger partial charge in [0.2, 0.25) is 0 Å². The maximum Gasteiger partial charge on any atom is 0.332 e. The molecule has 2 nitrogen and oxygen atoms in total. The van der Waals surface area contributed by atoms with Crippen molar-refractivity contribution in [2.75, 3.05) is 0 Å². The van der Waals surface area contributed by atoms with E-state index in [9.17, 15) is 4.79 Å². The molecule has 1 rings (SSSR count). The van der Waals surface area contributed by atoms with Crippen molar-refractivity contribution in [1.29, 1.82) is 0 Å². The Morgan fingerprint density at radius 3 is 2.31 bits per heavy atom. The molecule has 74 valence electrons. The number of carbonyl (C=O) groups is 1. The third kappa shape index (κ3) is 2.05. The van der Waals surface area contributed by atoms with E-state index in [2.05, 4.69) is 13.8 Å². The topological polar surface area (TPSA) is 37.3 Å². The molecule has 0 aromatic carbocycles. The van der Waals surface area contributed by atoms with Gasteiger partial charge in [-0.25, -0.2) is 4.79 Å². The van der Waals surface area contributed by atoms with Crippen molar-refractivity contribution in [2.24, 2.45) is 11.3 Å². The van der Waals surface area contributed by atoms with E-state index in [0.29, 0.717) is 17.0 Å². The molecule has 1 saturated carbocycles. The van der Waals surface area contributed by atoms with E-state index in [1.54, 1.807) is 0 Å². The molecule has 1 unspecified atom stereocenters. The summed E-state index contributed by atoms with van der Waals surface area (Å²) in [5.74, 6) is -0.615. The first-order valence-electron chi connectivity index (χ1n) is 4.52. The Bertz CT molecular complexity index is 266. The number of carboxylic acid groups (broad SMARTS) is 1. The van der Waals surface area contributed by atoms with Gasteiger partial charge in [0, 0.05) is 11.0 Å². The average molecular weight is 203 g/mol. The summed E-state index contributed by atoms with van der Waals surface area (Å²) in [5.41, 5.74) is 0.574. The maximum absolute atomic E-state index is 10.8. The lowest BCUT2D eigenvalue weighted by molar-refractivity contribution is -0.132. The van der Waals surface area contributed by atoms with Crippen LogP contribution in [-0.4, -0.2) is 11.1 Å². The van der Waals surface area contributed by atoms with Crippen LogP contribution in [0.15, 0.2) is 10.6 Å². The summed E-state index contributed by atoms with van der Waals surface area (Å²) in [7, 11) is 0. The minimum Gasteiger partial charge on any atom is -0.478 e. The molecule has 13 heavy (non-hydrogen) atoms. The summed E-state index contributed by atoms with van der Waals surface area (Å²) in [5, 5.41) is 9.40. The largest absolute Gasteiger partial charge is 0.478 e. The molecule has 1 fully saturated rings. The summed E-state index contributed by atoms with van der Waals surface area (Å²) < 4.78 is 0. The number of halogens is 1. The SMILES string of the molecule is CC/C(C(=O)O)=C(\Cl)C1CC1(C)C. The molecule has 0 aliphatic heterocycles. The number of carboxylic acids is 1. The normalized spacial score (nSPS) is 26.6. The van der Waals surface area contributed by atoms with E-state index in [4.69, 9.17) is 16.7 Å². The third-order valence-electron chi connectivity index (χ3n) is 2.72. The number of allylic oxidation sites excluding steroid dienone is 1. The van der Waals surface area contributed by atoms with E-state index in [1.807, 2.05) is 6.92 Å². The molecule has 1 aliphatic carbocycles. The first-order chi connectivity index (χ1) is 5.90. The molecule has 0 heterocycles. The van der Waals surface area contributed by atoms with Crippen LogP contribution in [0, 0.1) is 11.3 Å². The zero-order valence-corrected chi connectivity index (χ0v) is 8.98.